The van der Waals surface area contributed by atoms with Crippen LogP contribution in [0.15, 0.2) is 24.3 Å². The molecule has 2 aliphatic rings. The average molecular weight is 295 g/mol. The average Bonchev–Trinajstić information content (AvgIpc) is 2.97. The van der Waals surface area contributed by atoms with Crippen LogP contribution >= 0.6 is 12.4 Å². The number of nitrogens with zero attached hydrogens (tertiary/aromatic N) is 1. The molecule has 1 amide bonds. The molecule has 1 unspecified atom stereocenters. The number of hydrogen-bond donors (Lipinski definition) is 1. The van der Waals surface area contributed by atoms with Crippen LogP contribution in [0.4, 0.5) is 0 Å². The third-order valence-electron chi connectivity index (χ3n) is 4.35. The third-order valence-corrected chi connectivity index (χ3v) is 4.35. The zero-order valence-electron chi connectivity index (χ0n) is 11.8. The van der Waals surface area contributed by atoms with Gasteiger partial charge in [-0.2, -0.15) is 0 Å². The number of nitrogens with one attached hydrogen (secondary N) is 1. The van der Waals surface area contributed by atoms with E-state index in [9.17, 15) is 4.79 Å². The Morgan fingerprint density at radius 1 is 1.30 bits per heavy atom. The van der Waals surface area contributed by atoms with Gasteiger partial charge < -0.3 is 10.2 Å². The number of amides is 1. The summed E-state index contributed by atoms with van der Waals surface area (Å²) in [5.41, 5.74) is 2.73. The van der Waals surface area contributed by atoms with Gasteiger partial charge in [0.1, 0.15) is 0 Å². The van der Waals surface area contributed by atoms with Crippen molar-refractivity contribution < 1.29 is 4.79 Å². The zero-order chi connectivity index (χ0) is 13.1. The van der Waals surface area contributed by atoms with E-state index >= 15 is 0 Å². The molecule has 0 spiro atoms. The quantitative estimate of drug-likeness (QED) is 0.929. The van der Waals surface area contributed by atoms with E-state index in [-0.39, 0.29) is 12.4 Å². The fourth-order valence-corrected chi connectivity index (χ4v) is 3.17. The van der Waals surface area contributed by atoms with Crippen LogP contribution in [-0.2, 0) is 17.8 Å². The number of rotatable bonds is 3. The molecule has 0 aromatic heterocycles. The van der Waals surface area contributed by atoms with Crippen LogP contribution in [0, 0.1) is 0 Å². The summed E-state index contributed by atoms with van der Waals surface area (Å²) < 4.78 is 0. The van der Waals surface area contributed by atoms with Crippen LogP contribution in [0.25, 0.3) is 0 Å². The van der Waals surface area contributed by atoms with Gasteiger partial charge in [-0.1, -0.05) is 24.3 Å². The highest BCUT2D eigenvalue weighted by Gasteiger charge is 2.22. The summed E-state index contributed by atoms with van der Waals surface area (Å²) in [6.45, 7) is 2.80. The van der Waals surface area contributed by atoms with Crippen molar-refractivity contribution >= 4 is 18.3 Å². The Balaban J connectivity index is 0.00000147. The first-order chi connectivity index (χ1) is 9.33. The van der Waals surface area contributed by atoms with Crippen molar-refractivity contribution in [2.75, 3.05) is 13.1 Å². The summed E-state index contributed by atoms with van der Waals surface area (Å²) in [6.07, 6.45) is 5.19. The lowest BCUT2D eigenvalue weighted by molar-refractivity contribution is -0.132. The Morgan fingerprint density at radius 2 is 2.10 bits per heavy atom. The van der Waals surface area contributed by atoms with Crippen LogP contribution in [0.3, 0.4) is 0 Å². The fraction of sp³-hybridized carbons (Fsp3) is 0.562. The van der Waals surface area contributed by atoms with Gasteiger partial charge in [0, 0.05) is 25.6 Å². The molecule has 4 heteroatoms. The van der Waals surface area contributed by atoms with E-state index in [1.54, 1.807) is 0 Å². The van der Waals surface area contributed by atoms with Gasteiger partial charge in [0.2, 0.25) is 5.91 Å². The first-order valence-electron chi connectivity index (χ1n) is 7.41. The van der Waals surface area contributed by atoms with Gasteiger partial charge in [-0.05, 0) is 43.4 Å². The molecule has 0 bridgehead atoms. The van der Waals surface area contributed by atoms with E-state index in [1.807, 2.05) is 4.90 Å². The number of fused-ring (bicyclic) bond motifs is 1. The van der Waals surface area contributed by atoms with Crippen molar-refractivity contribution in [1.29, 1.82) is 0 Å². The molecule has 0 radical (unpaired) electrons. The second kappa shape index (κ2) is 7.09. The molecule has 1 atom stereocenters. The molecule has 2 aliphatic heterocycles. The van der Waals surface area contributed by atoms with Crippen molar-refractivity contribution in [3.05, 3.63) is 35.4 Å². The van der Waals surface area contributed by atoms with Crippen LogP contribution in [-0.4, -0.2) is 29.9 Å². The minimum absolute atomic E-state index is 0. The van der Waals surface area contributed by atoms with Gasteiger partial charge in [0.05, 0.1) is 0 Å². The molecule has 20 heavy (non-hydrogen) atoms. The van der Waals surface area contributed by atoms with Gasteiger partial charge >= 0.3 is 0 Å². The topological polar surface area (TPSA) is 32.3 Å². The number of benzene rings is 1. The number of halogens is 1. The Labute approximate surface area is 127 Å². The first kappa shape index (κ1) is 15.3. The SMILES string of the molecule is Cl.O=C(CCC1CCCN1)N1CCc2ccccc2C1. The Bertz CT molecular complexity index is 458. The van der Waals surface area contributed by atoms with Crippen molar-refractivity contribution in [3.8, 4) is 0 Å². The van der Waals surface area contributed by atoms with Gasteiger partial charge in [0.15, 0.2) is 0 Å². The number of hydrogen-bond acceptors (Lipinski definition) is 2. The highest BCUT2D eigenvalue weighted by atomic mass is 35.5. The first-order valence-corrected chi connectivity index (χ1v) is 7.41. The van der Waals surface area contributed by atoms with Gasteiger partial charge in [0.25, 0.3) is 0 Å². The molecule has 1 N–H and O–H groups in total. The Hall–Kier alpha value is -1.06. The molecule has 1 aromatic rings. The predicted octanol–water partition coefficient (Wildman–Crippen LogP) is 2.53. The molecule has 2 heterocycles. The van der Waals surface area contributed by atoms with Gasteiger partial charge in [-0.25, -0.2) is 0 Å². The third kappa shape index (κ3) is 3.53. The highest BCUT2D eigenvalue weighted by molar-refractivity contribution is 5.85. The lowest BCUT2D eigenvalue weighted by Crippen LogP contribution is -2.36. The molecule has 1 fully saturated rings. The second-order valence-electron chi connectivity index (χ2n) is 5.67. The lowest BCUT2D eigenvalue weighted by atomic mass is 9.99. The van der Waals surface area contributed by atoms with E-state index in [4.69, 9.17) is 0 Å². The van der Waals surface area contributed by atoms with E-state index in [1.165, 1.54) is 24.0 Å². The minimum atomic E-state index is 0. The van der Waals surface area contributed by atoms with E-state index in [0.29, 0.717) is 18.4 Å². The number of carbonyl (C=O) groups is 1. The summed E-state index contributed by atoms with van der Waals surface area (Å²) in [4.78, 5) is 14.3. The maximum Gasteiger partial charge on any atom is 0.222 e. The minimum Gasteiger partial charge on any atom is -0.338 e. The van der Waals surface area contributed by atoms with Crippen LogP contribution in [0.1, 0.15) is 36.8 Å². The number of carbonyl (C=O) groups excluding carboxylic acids is 1. The van der Waals surface area contributed by atoms with Crippen LogP contribution < -0.4 is 5.32 Å². The highest BCUT2D eigenvalue weighted by Crippen LogP contribution is 2.20. The summed E-state index contributed by atoms with van der Waals surface area (Å²) in [6, 6.07) is 9.05. The van der Waals surface area contributed by atoms with Crippen molar-refractivity contribution in [2.45, 2.75) is 44.7 Å². The summed E-state index contributed by atoms with van der Waals surface area (Å²) in [5, 5.41) is 3.46. The van der Waals surface area contributed by atoms with Crippen LogP contribution in [0.2, 0.25) is 0 Å². The second-order valence-corrected chi connectivity index (χ2v) is 5.67. The summed E-state index contributed by atoms with van der Waals surface area (Å²) >= 11 is 0. The van der Waals surface area contributed by atoms with Crippen molar-refractivity contribution in [2.24, 2.45) is 0 Å². The largest absolute Gasteiger partial charge is 0.338 e. The zero-order valence-corrected chi connectivity index (χ0v) is 12.6. The standard InChI is InChI=1S/C16H22N2O.ClH/c19-16(8-7-15-6-3-10-17-15)18-11-9-13-4-1-2-5-14(13)12-18;/h1-2,4-5,15,17H,3,6-12H2;1H. The molecule has 3 rings (SSSR count). The fourth-order valence-electron chi connectivity index (χ4n) is 3.17. The smallest absolute Gasteiger partial charge is 0.222 e. The van der Waals surface area contributed by atoms with E-state index < -0.39 is 0 Å². The molecule has 0 aliphatic carbocycles. The molecule has 3 nitrogen and oxygen atoms in total. The molecule has 0 saturated carbocycles. The molecular weight excluding hydrogens is 272 g/mol. The Kier molecular flexibility index (Phi) is 5.44. The molecule has 1 aromatic carbocycles. The van der Waals surface area contributed by atoms with Crippen molar-refractivity contribution in [1.82, 2.24) is 10.2 Å². The molecular formula is C16H23ClN2O. The lowest BCUT2D eigenvalue weighted by Gasteiger charge is -2.29. The van der Waals surface area contributed by atoms with E-state index in [2.05, 4.69) is 29.6 Å². The molecule has 1 saturated heterocycles. The van der Waals surface area contributed by atoms with Gasteiger partial charge in [-0.15, -0.1) is 12.4 Å². The monoisotopic (exact) mass is 294 g/mol. The van der Waals surface area contributed by atoms with Gasteiger partial charge in [-0.3, -0.25) is 4.79 Å². The van der Waals surface area contributed by atoms with Crippen molar-refractivity contribution in [3.63, 3.8) is 0 Å². The van der Waals surface area contributed by atoms with E-state index in [0.717, 1.165) is 32.5 Å². The Morgan fingerprint density at radius 3 is 2.85 bits per heavy atom. The maximum atomic E-state index is 12.3. The summed E-state index contributed by atoms with van der Waals surface area (Å²) in [7, 11) is 0. The van der Waals surface area contributed by atoms with Crippen LogP contribution in [0.5, 0.6) is 0 Å². The molecule has 110 valence electrons. The predicted molar refractivity (Wildman–Crippen MR) is 83.1 cm³/mol. The normalized spacial score (nSPS) is 21.2. The summed E-state index contributed by atoms with van der Waals surface area (Å²) in [5.74, 6) is 0.322. The maximum absolute atomic E-state index is 12.3.